The molecule has 1 saturated heterocycles. The molecule has 1 aromatic carbocycles. The second-order valence-electron chi connectivity index (χ2n) is 5.36. The molecule has 0 radical (unpaired) electrons. The van der Waals surface area contributed by atoms with Gasteiger partial charge < -0.3 is 9.64 Å². The number of ether oxygens (including phenoxy) is 1. The lowest BCUT2D eigenvalue weighted by atomic mass is 10.3. The second-order valence-corrected chi connectivity index (χ2v) is 6.25. The molecule has 0 saturated carbocycles. The molecule has 2 aromatic heterocycles. The van der Waals surface area contributed by atoms with Gasteiger partial charge in [0, 0.05) is 17.6 Å². The summed E-state index contributed by atoms with van der Waals surface area (Å²) in [5.41, 5.74) is 1.97. The molecular formula is C15H16N6OS. The van der Waals surface area contributed by atoms with Crippen molar-refractivity contribution in [2.75, 3.05) is 24.6 Å². The fourth-order valence-corrected chi connectivity index (χ4v) is 3.45. The fourth-order valence-electron chi connectivity index (χ4n) is 2.62. The maximum Gasteiger partial charge on any atom is 0.250 e. The summed E-state index contributed by atoms with van der Waals surface area (Å²) in [5.74, 6) is 0.734. The van der Waals surface area contributed by atoms with E-state index in [1.807, 2.05) is 42.6 Å². The predicted octanol–water partition coefficient (Wildman–Crippen LogP) is 2.01. The van der Waals surface area contributed by atoms with E-state index in [9.17, 15) is 0 Å². The Balaban J connectivity index is 1.60. The molecular weight excluding hydrogens is 312 g/mol. The van der Waals surface area contributed by atoms with Gasteiger partial charge in [-0.05, 0) is 29.5 Å². The lowest BCUT2D eigenvalue weighted by Crippen LogP contribution is -2.39. The second kappa shape index (κ2) is 6.05. The van der Waals surface area contributed by atoms with Crippen molar-refractivity contribution in [3.05, 3.63) is 46.4 Å². The van der Waals surface area contributed by atoms with Crippen LogP contribution < -0.4 is 4.90 Å². The highest BCUT2D eigenvalue weighted by Gasteiger charge is 2.27. The Labute approximate surface area is 137 Å². The van der Waals surface area contributed by atoms with Gasteiger partial charge in [0.1, 0.15) is 11.1 Å². The highest BCUT2D eigenvalue weighted by atomic mass is 32.1. The Hall–Kier alpha value is -2.32. The van der Waals surface area contributed by atoms with E-state index < -0.39 is 0 Å². The first-order valence-electron chi connectivity index (χ1n) is 7.43. The van der Waals surface area contributed by atoms with Gasteiger partial charge in [0.05, 0.1) is 18.8 Å². The zero-order valence-electron chi connectivity index (χ0n) is 12.7. The molecule has 3 heterocycles. The summed E-state index contributed by atoms with van der Waals surface area (Å²) < 4.78 is 7.64. The maximum absolute atomic E-state index is 5.88. The normalized spacial score (nSPS) is 18.3. The van der Waals surface area contributed by atoms with Gasteiger partial charge in [-0.15, -0.1) is 11.3 Å². The quantitative estimate of drug-likeness (QED) is 0.732. The standard InChI is InChI=1S/C15H16N6OS/c1-11-10-23-14(16-11)13-9-20(7-8-22-13)15-17-18-19-21(15)12-5-3-2-4-6-12/h2-6,10,13H,7-9H2,1H3. The fraction of sp³-hybridized carbons (Fsp3) is 0.333. The van der Waals surface area contributed by atoms with Crippen LogP contribution in [0.5, 0.6) is 0 Å². The minimum absolute atomic E-state index is 0.0385. The van der Waals surface area contributed by atoms with Gasteiger partial charge in [-0.3, -0.25) is 0 Å². The summed E-state index contributed by atoms with van der Waals surface area (Å²) in [4.78, 5) is 6.69. The number of aromatic nitrogens is 5. The van der Waals surface area contributed by atoms with Crippen LogP contribution in [0.4, 0.5) is 5.95 Å². The SMILES string of the molecule is Cc1csc(C2CN(c3nnnn3-c3ccccc3)CCO2)n1. The highest BCUT2D eigenvalue weighted by molar-refractivity contribution is 7.09. The number of para-hydroxylation sites is 1. The number of nitrogens with zero attached hydrogens (tertiary/aromatic N) is 6. The van der Waals surface area contributed by atoms with Crippen molar-refractivity contribution in [3.63, 3.8) is 0 Å². The molecule has 0 aliphatic carbocycles. The molecule has 3 aromatic rings. The van der Waals surface area contributed by atoms with E-state index in [0.717, 1.165) is 28.9 Å². The average Bonchev–Trinajstić information content (AvgIpc) is 3.25. The minimum atomic E-state index is -0.0385. The molecule has 4 rings (SSSR count). The van der Waals surface area contributed by atoms with E-state index in [1.54, 1.807) is 16.0 Å². The molecule has 0 N–H and O–H groups in total. The van der Waals surface area contributed by atoms with Gasteiger partial charge in [0.15, 0.2) is 0 Å². The van der Waals surface area contributed by atoms with E-state index in [2.05, 4.69) is 25.4 Å². The maximum atomic E-state index is 5.88. The largest absolute Gasteiger partial charge is 0.367 e. The Morgan fingerprint density at radius 2 is 2.13 bits per heavy atom. The van der Waals surface area contributed by atoms with Crippen LogP contribution >= 0.6 is 11.3 Å². The number of benzene rings is 1. The highest BCUT2D eigenvalue weighted by Crippen LogP contribution is 2.27. The van der Waals surface area contributed by atoms with Gasteiger partial charge in [0.2, 0.25) is 0 Å². The van der Waals surface area contributed by atoms with Crippen LogP contribution in [0.15, 0.2) is 35.7 Å². The number of morpholine rings is 1. The summed E-state index contributed by atoms with van der Waals surface area (Å²) in [6.45, 7) is 4.08. The van der Waals surface area contributed by atoms with E-state index in [1.165, 1.54) is 0 Å². The molecule has 23 heavy (non-hydrogen) atoms. The third-order valence-corrected chi connectivity index (χ3v) is 4.77. The van der Waals surface area contributed by atoms with E-state index >= 15 is 0 Å². The molecule has 1 fully saturated rings. The summed E-state index contributed by atoms with van der Waals surface area (Å²) in [6.07, 6.45) is -0.0385. The molecule has 7 nitrogen and oxygen atoms in total. The third-order valence-electron chi connectivity index (χ3n) is 3.72. The van der Waals surface area contributed by atoms with Gasteiger partial charge in [-0.2, -0.15) is 4.68 Å². The first-order chi connectivity index (χ1) is 11.3. The van der Waals surface area contributed by atoms with Crippen LogP contribution in [0.2, 0.25) is 0 Å². The predicted molar refractivity (Wildman–Crippen MR) is 86.9 cm³/mol. The summed E-state index contributed by atoms with van der Waals surface area (Å²) in [6, 6.07) is 9.90. The Morgan fingerprint density at radius 3 is 2.91 bits per heavy atom. The molecule has 1 aliphatic heterocycles. The van der Waals surface area contributed by atoms with Crippen LogP contribution in [-0.2, 0) is 4.74 Å². The smallest absolute Gasteiger partial charge is 0.250 e. The van der Waals surface area contributed by atoms with Crippen molar-refractivity contribution < 1.29 is 4.74 Å². The number of tetrazole rings is 1. The molecule has 1 unspecified atom stereocenters. The summed E-state index contributed by atoms with van der Waals surface area (Å²) in [5, 5.41) is 15.2. The topological polar surface area (TPSA) is 69.0 Å². The molecule has 0 amide bonds. The number of hydrogen-bond acceptors (Lipinski definition) is 7. The van der Waals surface area contributed by atoms with Crippen molar-refractivity contribution >= 4 is 17.3 Å². The molecule has 118 valence electrons. The van der Waals surface area contributed by atoms with Crippen LogP contribution in [0.25, 0.3) is 5.69 Å². The zero-order valence-corrected chi connectivity index (χ0v) is 13.5. The first-order valence-corrected chi connectivity index (χ1v) is 8.31. The van der Waals surface area contributed by atoms with Gasteiger partial charge in [-0.25, -0.2) is 4.98 Å². The number of aryl methyl sites for hydroxylation is 1. The lowest BCUT2D eigenvalue weighted by Gasteiger charge is -2.32. The summed E-state index contributed by atoms with van der Waals surface area (Å²) >= 11 is 1.63. The molecule has 8 heteroatoms. The van der Waals surface area contributed by atoms with E-state index in [0.29, 0.717) is 13.2 Å². The lowest BCUT2D eigenvalue weighted by molar-refractivity contribution is 0.0388. The van der Waals surface area contributed by atoms with E-state index in [-0.39, 0.29) is 6.10 Å². The monoisotopic (exact) mass is 328 g/mol. The van der Waals surface area contributed by atoms with Gasteiger partial charge in [-0.1, -0.05) is 23.3 Å². The van der Waals surface area contributed by atoms with Crippen molar-refractivity contribution in [1.82, 2.24) is 25.2 Å². The van der Waals surface area contributed by atoms with Crippen LogP contribution in [0.3, 0.4) is 0 Å². The number of hydrogen-bond donors (Lipinski definition) is 0. The van der Waals surface area contributed by atoms with Crippen LogP contribution in [0.1, 0.15) is 16.8 Å². The van der Waals surface area contributed by atoms with Gasteiger partial charge in [0.25, 0.3) is 5.95 Å². The van der Waals surface area contributed by atoms with Gasteiger partial charge >= 0.3 is 0 Å². The van der Waals surface area contributed by atoms with Crippen molar-refractivity contribution in [2.24, 2.45) is 0 Å². The van der Waals surface area contributed by atoms with Crippen molar-refractivity contribution in [1.29, 1.82) is 0 Å². The molecule has 1 aliphatic rings. The molecule has 1 atom stereocenters. The van der Waals surface area contributed by atoms with Crippen LogP contribution in [-0.4, -0.2) is 44.9 Å². The number of thiazole rings is 1. The molecule has 0 bridgehead atoms. The minimum Gasteiger partial charge on any atom is -0.367 e. The van der Waals surface area contributed by atoms with Crippen molar-refractivity contribution in [2.45, 2.75) is 13.0 Å². The van der Waals surface area contributed by atoms with Crippen LogP contribution in [0, 0.1) is 6.92 Å². The average molecular weight is 328 g/mol. The number of rotatable bonds is 3. The number of anilines is 1. The van der Waals surface area contributed by atoms with E-state index in [4.69, 9.17) is 4.74 Å². The molecule has 0 spiro atoms. The zero-order chi connectivity index (χ0) is 15.6. The Morgan fingerprint density at radius 1 is 1.26 bits per heavy atom. The van der Waals surface area contributed by atoms with Crippen molar-refractivity contribution in [3.8, 4) is 5.69 Å². The summed E-state index contributed by atoms with van der Waals surface area (Å²) in [7, 11) is 0. The third kappa shape index (κ3) is 2.82. The Bertz CT molecular complexity index is 786. The Kier molecular flexibility index (Phi) is 3.76. The first kappa shape index (κ1) is 14.3.